The van der Waals surface area contributed by atoms with Gasteiger partial charge in [0.2, 0.25) is 5.91 Å². The summed E-state index contributed by atoms with van der Waals surface area (Å²) in [6.45, 7) is 2.02. The van der Waals surface area contributed by atoms with Gasteiger partial charge in [-0.05, 0) is 41.0 Å². The molecule has 0 aliphatic carbocycles. The zero-order valence-electron chi connectivity index (χ0n) is 17.5. The topological polar surface area (TPSA) is 49.9 Å². The molecule has 1 aliphatic heterocycles. The number of methoxy groups -OCH3 is 1. The van der Waals surface area contributed by atoms with Crippen molar-refractivity contribution in [3.8, 4) is 5.75 Å². The molecule has 4 rings (SSSR count). The van der Waals surface area contributed by atoms with Gasteiger partial charge in [0.1, 0.15) is 0 Å². The minimum Gasteiger partial charge on any atom is -0.494 e. The number of fused-ring (bicyclic) bond motifs is 1. The number of carbonyl (C=O) groups excluding carboxylic acids is 2. The number of rotatable bonds is 5. The lowest BCUT2D eigenvalue weighted by Gasteiger charge is -2.35. The molecule has 5 nitrogen and oxygen atoms in total. The second-order valence-electron chi connectivity index (χ2n) is 7.67. The molecule has 0 atom stereocenters. The van der Waals surface area contributed by atoms with Gasteiger partial charge in [0.15, 0.2) is 11.6 Å². The molecule has 1 heterocycles. The molecular formula is C25H25FN2O3. The molecule has 1 fully saturated rings. The first-order valence-electron chi connectivity index (χ1n) is 10.4. The Kier molecular flexibility index (Phi) is 6.16. The van der Waals surface area contributed by atoms with Crippen LogP contribution in [0.5, 0.6) is 5.75 Å². The van der Waals surface area contributed by atoms with Gasteiger partial charge < -0.3 is 14.5 Å². The maximum absolute atomic E-state index is 13.8. The Hall–Kier alpha value is -3.41. The number of amides is 2. The third-order valence-corrected chi connectivity index (χ3v) is 5.78. The summed E-state index contributed by atoms with van der Waals surface area (Å²) in [5.74, 6) is -0.207. The van der Waals surface area contributed by atoms with Crippen LogP contribution in [0, 0.1) is 5.82 Å². The van der Waals surface area contributed by atoms with Gasteiger partial charge in [-0.1, -0.05) is 42.5 Å². The number of ether oxygens (including phenoxy) is 1. The first kappa shape index (κ1) is 20.8. The molecule has 0 spiro atoms. The first-order chi connectivity index (χ1) is 15.1. The van der Waals surface area contributed by atoms with E-state index in [0.29, 0.717) is 44.6 Å². The van der Waals surface area contributed by atoms with Crippen molar-refractivity contribution >= 4 is 22.6 Å². The largest absolute Gasteiger partial charge is 0.494 e. The van der Waals surface area contributed by atoms with E-state index < -0.39 is 5.82 Å². The van der Waals surface area contributed by atoms with E-state index in [1.54, 1.807) is 17.0 Å². The van der Waals surface area contributed by atoms with E-state index in [4.69, 9.17) is 4.74 Å². The number of carbonyl (C=O) groups is 2. The van der Waals surface area contributed by atoms with Crippen molar-refractivity contribution in [2.75, 3.05) is 33.3 Å². The Balaban J connectivity index is 1.33. The monoisotopic (exact) mass is 420 g/mol. The fourth-order valence-electron chi connectivity index (χ4n) is 4.02. The van der Waals surface area contributed by atoms with Crippen LogP contribution in [-0.2, 0) is 11.2 Å². The highest BCUT2D eigenvalue weighted by molar-refractivity contribution is 6.07. The lowest BCUT2D eigenvalue weighted by Crippen LogP contribution is -2.50. The number of hydrogen-bond donors (Lipinski definition) is 0. The predicted molar refractivity (Wildman–Crippen MR) is 118 cm³/mol. The molecule has 0 saturated carbocycles. The van der Waals surface area contributed by atoms with Crippen molar-refractivity contribution in [2.45, 2.75) is 12.8 Å². The lowest BCUT2D eigenvalue weighted by molar-refractivity contribution is -0.132. The molecule has 1 aliphatic rings. The summed E-state index contributed by atoms with van der Waals surface area (Å²) in [5.41, 5.74) is 1.45. The Bertz CT molecular complexity index is 1100. The van der Waals surface area contributed by atoms with E-state index in [0.717, 1.165) is 16.3 Å². The van der Waals surface area contributed by atoms with Crippen LogP contribution in [0.1, 0.15) is 22.3 Å². The zero-order chi connectivity index (χ0) is 21.8. The number of piperazine rings is 1. The molecule has 0 N–H and O–H groups in total. The quantitative estimate of drug-likeness (QED) is 0.629. The van der Waals surface area contributed by atoms with Crippen LogP contribution >= 0.6 is 0 Å². The van der Waals surface area contributed by atoms with Gasteiger partial charge in [0, 0.05) is 38.2 Å². The summed E-state index contributed by atoms with van der Waals surface area (Å²) in [7, 11) is 1.42. The van der Waals surface area contributed by atoms with Gasteiger partial charge in [-0.15, -0.1) is 0 Å². The van der Waals surface area contributed by atoms with Crippen LogP contribution in [0.15, 0.2) is 60.7 Å². The second-order valence-corrected chi connectivity index (χ2v) is 7.67. The van der Waals surface area contributed by atoms with Crippen molar-refractivity contribution in [3.05, 3.63) is 77.6 Å². The highest BCUT2D eigenvalue weighted by Crippen LogP contribution is 2.21. The Labute approximate surface area is 181 Å². The van der Waals surface area contributed by atoms with Crippen molar-refractivity contribution in [1.29, 1.82) is 0 Å². The van der Waals surface area contributed by atoms with E-state index in [9.17, 15) is 14.0 Å². The van der Waals surface area contributed by atoms with Crippen LogP contribution in [0.4, 0.5) is 4.39 Å². The summed E-state index contributed by atoms with van der Waals surface area (Å²) in [4.78, 5) is 29.3. The minimum atomic E-state index is -0.423. The number of nitrogens with zero attached hydrogens (tertiary/aromatic N) is 2. The third-order valence-electron chi connectivity index (χ3n) is 5.78. The molecule has 0 unspecified atom stereocenters. The SMILES string of the molecule is COc1ccc(CCC(=O)N2CCN(C(=O)c3cccc4ccccc34)CC2)cc1F. The average molecular weight is 420 g/mol. The second kappa shape index (κ2) is 9.16. The highest BCUT2D eigenvalue weighted by Gasteiger charge is 2.25. The van der Waals surface area contributed by atoms with Gasteiger partial charge >= 0.3 is 0 Å². The number of hydrogen-bond acceptors (Lipinski definition) is 3. The molecular weight excluding hydrogens is 395 g/mol. The number of halogens is 1. The van der Waals surface area contributed by atoms with Gasteiger partial charge in [0.25, 0.3) is 5.91 Å². The summed E-state index contributed by atoms with van der Waals surface area (Å²) < 4.78 is 18.8. The molecule has 160 valence electrons. The maximum atomic E-state index is 13.8. The van der Waals surface area contributed by atoms with E-state index >= 15 is 0 Å². The van der Waals surface area contributed by atoms with Crippen molar-refractivity contribution in [1.82, 2.24) is 9.80 Å². The molecule has 1 saturated heterocycles. The Morgan fingerprint density at radius 2 is 1.65 bits per heavy atom. The third kappa shape index (κ3) is 4.53. The Morgan fingerprint density at radius 3 is 2.39 bits per heavy atom. The molecule has 3 aromatic rings. The lowest BCUT2D eigenvalue weighted by atomic mass is 10.0. The zero-order valence-corrected chi connectivity index (χ0v) is 17.5. The molecule has 0 aromatic heterocycles. The fourth-order valence-corrected chi connectivity index (χ4v) is 4.02. The van der Waals surface area contributed by atoms with E-state index in [-0.39, 0.29) is 17.6 Å². The Morgan fingerprint density at radius 1 is 0.935 bits per heavy atom. The normalized spacial score (nSPS) is 14.0. The molecule has 0 radical (unpaired) electrons. The maximum Gasteiger partial charge on any atom is 0.254 e. The van der Waals surface area contributed by atoms with Gasteiger partial charge in [0.05, 0.1) is 7.11 Å². The average Bonchev–Trinajstić information content (AvgIpc) is 2.82. The van der Waals surface area contributed by atoms with Crippen LogP contribution in [-0.4, -0.2) is 54.9 Å². The van der Waals surface area contributed by atoms with Crippen LogP contribution in [0.3, 0.4) is 0 Å². The van der Waals surface area contributed by atoms with Gasteiger partial charge in [-0.2, -0.15) is 0 Å². The van der Waals surface area contributed by atoms with Crippen molar-refractivity contribution < 1.29 is 18.7 Å². The standard InChI is InChI=1S/C25H25FN2O3/c1-31-23-11-9-18(17-22(23)26)10-12-24(29)27-13-15-28(16-14-27)25(30)21-8-4-6-19-5-2-3-7-20(19)21/h2-9,11,17H,10,12-16H2,1H3. The first-order valence-corrected chi connectivity index (χ1v) is 10.4. The highest BCUT2D eigenvalue weighted by atomic mass is 19.1. The van der Waals surface area contributed by atoms with Crippen LogP contribution in [0.2, 0.25) is 0 Å². The number of aryl methyl sites for hydroxylation is 1. The summed E-state index contributed by atoms with van der Waals surface area (Å²) >= 11 is 0. The predicted octanol–water partition coefficient (Wildman–Crippen LogP) is 3.90. The fraction of sp³-hybridized carbons (Fsp3) is 0.280. The molecule has 0 bridgehead atoms. The van der Waals surface area contributed by atoms with Crippen LogP contribution in [0.25, 0.3) is 10.8 Å². The summed E-state index contributed by atoms with van der Waals surface area (Å²) in [6, 6.07) is 18.4. The molecule has 3 aromatic carbocycles. The minimum absolute atomic E-state index is 0.00222. The van der Waals surface area contributed by atoms with Gasteiger partial charge in [-0.3, -0.25) is 9.59 Å². The van der Waals surface area contributed by atoms with Crippen molar-refractivity contribution in [2.24, 2.45) is 0 Å². The van der Waals surface area contributed by atoms with E-state index in [1.165, 1.54) is 13.2 Å². The summed E-state index contributed by atoms with van der Waals surface area (Å²) in [6.07, 6.45) is 0.776. The molecule has 6 heteroatoms. The van der Waals surface area contributed by atoms with Crippen molar-refractivity contribution in [3.63, 3.8) is 0 Å². The van der Waals surface area contributed by atoms with Crippen LogP contribution < -0.4 is 4.74 Å². The van der Waals surface area contributed by atoms with E-state index in [1.807, 2.05) is 47.4 Å². The molecule has 2 amide bonds. The summed E-state index contributed by atoms with van der Waals surface area (Å²) in [5, 5.41) is 1.98. The van der Waals surface area contributed by atoms with Gasteiger partial charge in [-0.25, -0.2) is 4.39 Å². The molecule has 31 heavy (non-hydrogen) atoms. The van der Waals surface area contributed by atoms with E-state index in [2.05, 4.69) is 0 Å². The number of benzene rings is 3. The smallest absolute Gasteiger partial charge is 0.254 e.